The molecule has 0 spiro atoms. The molecule has 1 fully saturated rings. The number of benzene rings is 1. The molecule has 2 heterocycles. The van der Waals surface area contributed by atoms with Crippen molar-refractivity contribution in [3.8, 4) is 0 Å². The van der Waals surface area contributed by atoms with Crippen molar-refractivity contribution in [3.63, 3.8) is 0 Å². The molecule has 2 bridgehead atoms. The van der Waals surface area contributed by atoms with Crippen LogP contribution >= 0.6 is 12.4 Å². The van der Waals surface area contributed by atoms with Crippen LogP contribution in [0.2, 0.25) is 0 Å². The van der Waals surface area contributed by atoms with Crippen molar-refractivity contribution in [1.82, 2.24) is 5.32 Å². The average molecular weight is 210 g/mol. The van der Waals surface area contributed by atoms with E-state index in [9.17, 15) is 0 Å². The van der Waals surface area contributed by atoms with E-state index in [4.69, 9.17) is 0 Å². The van der Waals surface area contributed by atoms with Crippen LogP contribution in [0.1, 0.15) is 43.0 Å². The van der Waals surface area contributed by atoms with Gasteiger partial charge in [-0.05, 0) is 29.9 Å². The van der Waals surface area contributed by atoms with Gasteiger partial charge in [0.25, 0.3) is 0 Å². The maximum Gasteiger partial charge on any atom is 0.0354 e. The standard InChI is InChI=1S/C12H15N.ClH/c1-8-6-7-11-9-4-2-3-5-10(9)12(8)13-11;/h2-5,8,11-13H,6-7H2,1H3;1H. The number of halogens is 1. The second-order valence-corrected chi connectivity index (χ2v) is 4.38. The molecule has 14 heavy (non-hydrogen) atoms. The Bertz CT molecular complexity index is 337. The van der Waals surface area contributed by atoms with Gasteiger partial charge in [-0.2, -0.15) is 0 Å². The number of hydrogen-bond acceptors (Lipinski definition) is 1. The van der Waals surface area contributed by atoms with Gasteiger partial charge in [0.2, 0.25) is 0 Å². The molecule has 3 atom stereocenters. The minimum atomic E-state index is 0. The molecule has 0 aromatic heterocycles. The maximum atomic E-state index is 3.71. The molecule has 3 unspecified atom stereocenters. The monoisotopic (exact) mass is 209 g/mol. The third kappa shape index (κ3) is 1.27. The summed E-state index contributed by atoms with van der Waals surface area (Å²) in [5.74, 6) is 0.805. The van der Waals surface area contributed by atoms with Gasteiger partial charge >= 0.3 is 0 Å². The van der Waals surface area contributed by atoms with Crippen molar-refractivity contribution in [2.75, 3.05) is 0 Å². The Labute approximate surface area is 91.3 Å². The molecule has 1 aromatic rings. The summed E-state index contributed by atoms with van der Waals surface area (Å²) in [5.41, 5.74) is 3.11. The smallest absolute Gasteiger partial charge is 0.0354 e. The van der Waals surface area contributed by atoms with Gasteiger partial charge in [0.05, 0.1) is 0 Å². The van der Waals surface area contributed by atoms with Gasteiger partial charge in [-0.3, -0.25) is 0 Å². The fourth-order valence-corrected chi connectivity index (χ4v) is 2.81. The predicted octanol–water partition coefficient (Wildman–Crippen LogP) is 3.22. The largest absolute Gasteiger partial charge is 0.303 e. The van der Waals surface area contributed by atoms with Crippen LogP contribution < -0.4 is 5.32 Å². The summed E-state index contributed by atoms with van der Waals surface area (Å²) in [6.07, 6.45) is 2.69. The Morgan fingerprint density at radius 2 is 1.86 bits per heavy atom. The second kappa shape index (κ2) is 3.56. The van der Waals surface area contributed by atoms with Crippen LogP contribution in [0.3, 0.4) is 0 Å². The zero-order valence-electron chi connectivity index (χ0n) is 8.36. The van der Waals surface area contributed by atoms with E-state index in [-0.39, 0.29) is 12.4 Å². The fourth-order valence-electron chi connectivity index (χ4n) is 2.81. The van der Waals surface area contributed by atoms with E-state index in [1.807, 2.05) is 0 Å². The van der Waals surface area contributed by atoms with Crippen molar-refractivity contribution in [1.29, 1.82) is 0 Å². The number of fused-ring (bicyclic) bond motifs is 5. The average Bonchev–Trinajstić information content (AvgIpc) is 2.48. The van der Waals surface area contributed by atoms with E-state index < -0.39 is 0 Å². The van der Waals surface area contributed by atoms with Gasteiger partial charge < -0.3 is 5.32 Å². The zero-order valence-corrected chi connectivity index (χ0v) is 9.18. The van der Waals surface area contributed by atoms with Gasteiger partial charge in [-0.15, -0.1) is 12.4 Å². The summed E-state index contributed by atoms with van der Waals surface area (Å²) in [6, 6.07) is 10.2. The van der Waals surface area contributed by atoms with E-state index in [0.29, 0.717) is 12.1 Å². The predicted molar refractivity (Wildman–Crippen MR) is 60.7 cm³/mol. The highest BCUT2D eigenvalue weighted by Crippen LogP contribution is 2.45. The molecule has 0 amide bonds. The molecule has 2 aliphatic rings. The summed E-state index contributed by atoms with van der Waals surface area (Å²) in [4.78, 5) is 0. The van der Waals surface area contributed by atoms with Gasteiger partial charge in [0, 0.05) is 12.1 Å². The quantitative estimate of drug-likeness (QED) is 0.692. The SMILES string of the molecule is CC1CCC2NC1c1ccccc12.Cl. The van der Waals surface area contributed by atoms with Crippen molar-refractivity contribution >= 4 is 12.4 Å². The van der Waals surface area contributed by atoms with Crippen LogP contribution in [0.5, 0.6) is 0 Å². The number of nitrogens with one attached hydrogen (secondary N) is 1. The first-order valence-electron chi connectivity index (χ1n) is 5.21. The van der Waals surface area contributed by atoms with E-state index >= 15 is 0 Å². The second-order valence-electron chi connectivity index (χ2n) is 4.38. The minimum absolute atomic E-state index is 0. The van der Waals surface area contributed by atoms with E-state index in [0.717, 1.165) is 5.92 Å². The first kappa shape index (κ1) is 10.0. The highest BCUT2D eigenvalue weighted by molar-refractivity contribution is 5.85. The van der Waals surface area contributed by atoms with Gasteiger partial charge in [0.15, 0.2) is 0 Å². The minimum Gasteiger partial charge on any atom is -0.303 e. The molecule has 2 heteroatoms. The molecular formula is C12H16ClN. The summed E-state index contributed by atoms with van der Waals surface area (Å²) in [6.45, 7) is 2.36. The van der Waals surface area contributed by atoms with Crippen LogP contribution in [0.25, 0.3) is 0 Å². The van der Waals surface area contributed by atoms with Gasteiger partial charge in [-0.1, -0.05) is 31.2 Å². The van der Waals surface area contributed by atoms with E-state index in [2.05, 4.69) is 36.5 Å². The molecule has 1 saturated heterocycles. The molecule has 0 aliphatic carbocycles. The Hall–Kier alpha value is -0.530. The summed E-state index contributed by atoms with van der Waals surface area (Å²) in [7, 11) is 0. The molecule has 1 N–H and O–H groups in total. The lowest BCUT2D eigenvalue weighted by atomic mass is 9.92. The van der Waals surface area contributed by atoms with E-state index in [1.54, 1.807) is 11.1 Å². The molecule has 1 aromatic carbocycles. The fraction of sp³-hybridized carbons (Fsp3) is 0.500. The van der Waals surface area contributed by atoms with Crippen molar-refractivity contribution in [3.05, 3.63) is 35.4 Å². The van der Waals surface area contributed by atoms with Crippen LogP contribution in [0.15, 0.2) is 24.3 Å². The Kier molecular flexibility index (Phi) is 2.54. The maximum absolute atomic E-state index is 3.71. The first-order chi connectivity index (χ1) is 6.36. The van der Waals surface area contributed by atoms with Crippen LogP contribution in [0, 0.1) is 5.92 Å². The van der Waals surface area contributed by atoms with Gasteiger partial charge in [-0.25, -0.2) is 0 Å². The van der Waals surface area contributed by atoms with Crippen molar-refractivity contribution in [2.24, 2.45) is 5.92 Å². The molecule has 2 aliphatic heterocycles. The Morgan fingerprint density at radius 1 is 1.14 bits per heavy atom. The van der Waals surface area contributed by atoms with E-state index in [1.165, 1.54) is 12.8 Å². The molecule has 3 rings (SSSR count). The zero-order chi connectivity index (χ0) is 8.84. The number of hydrogen-bond donors (Lipinski definition) is 1. The summed E-state index contributed by atoms with van der Waals surface area (Å²) in [5, 5.41) is 3.71. The lowest BCUT2D eigenvalue weighted by Crippen LogP contribution is -2.28. The summed E-state index contributed by atoms with van der Waals surface area (Å²) < 4.78 is 0. The van der Waals surface area contributed by atoms with Crippen molar-refractivity contribution in [2.45, 2.75) is 31.8 Å². The molecule has 0 radical (unpaired) electrons. The lowest BCUT2D eigenvalue weighted by molar-refractivity contribution is 0.281. The Balaban J connectivity index is 0.000000750. The highest BCUT2D eigenvalue weighted by atomic mass is 35.5. The van der Waals surface area contributed by atoms with Crippen molar-refractivity contribution < 1.29 is 0 Å². The van der Waals surface area contributed by atoms with Gasteiger partial charge in [0.1, 0.15) is 0 Å². The van der Waals surface area contributed by atoms with Crippen LogP contribution in [0.4, 0.5) is 0 Å². The van der Waals surface area contributed by atoms with Crippen LogP contribution in [-0.4, -0.2) is 0 Å². The molecular weight excluding hydrogens is 194 g/mol. The third-order valence-electron chi connectivity index (χ3n) is 3.57. The molecule has 0 saturated carbocycles. The van der Waals surface area contributed by atoms with Crippen LogP contribution in [-0.2, 0) is 0 Å². The lowest BCUT2D eigenvalue weighted by Gasteiger charge is -2.27. The normalized spacial score (nSPS) is 33.4. The third-order valence-corrected chi connectivity index (χ3v) is 3.57. The highest BCUT2D eigenvalue weighted by Gasteiger charge is 2.36. The topological polar surface area (TPSA) is 12.0 Å². The summed E-state index contributed by atoms with van der Waals surface area (Å²) >= 11 is 0. The number of piperidine rings is 1. The number of rotatable bonds is 0. The first-order valence-corrected chi connectivity index (χ1v) is 5.21. The molecule has 1 nitrogen and oxygen atoms in total. The molecule has 76 valence electrons. The Morgan fingerprint density at radius 3 is 2.64 bits per heavy atom.